The van der Waals surface area contributed by atoms with Crippen LogP contribution in [-0.2, 0) is 6.42 Å². The van der Waals surface area contributed by atoms with Crippen LogP contribution in [0.4, 0.5) is 0 Å². The minimum absolute atomic E-state index is 0.389. The molecule has 0 radical (unpaired) electrons. The Hall–Kier alpha value is -0.800. The number of furan rings is 1. The number of rotatable bonds is 4. The molecule has 0 spiro atoms. The van der Waals surface area contributed by atoms with Crippen LogP contribution >= 0.6 is 0 Å². The molecule has 1 saturated carbocycles. The molecule has 0 amide bonds. The molecule has 0 aromatic carbocycles. The lowest BCUT2D eigenvalue weighted by Gasteiger charge is -2.32. The number of hydrogen-bond acceptors (Lipinski definition) is 3. The molecule has 3 heteroatoms. The van der Waals surface area contributed by atoms with Crippen LogP contribution in [0.1, 0.15) is 25.0 Å². The second kappa shape index (κ2) is 3.94. The Morgan fingerprint density at radius 2 is 2.46 bits per heavy atom. The summed E-state index contributed by atoms with van der Waals surface area (Å²) >= 11 is 0. The van der Waals surface area contributed by atoms with Crippen molar-refractivity contribution in [1.29, 1.82) is 0 Å². The summed E-state index contributed by atoms with van der Waals surface area (Å²) < 4.78 is 5.29. The van der Waals surface area contributed by atoms with Crippen molar-refractivity contribution in [2.75, 3.05) is 0 Å². The zero-order chi connectivity index (χ0) is 9.10. The smallest absolute Gasteiger partial charge is 0.105 e. The number of nitrogens with one attached hydrogen (secondary N) is 1. The maximum absolute atomic E-state index is 5.51. The highest BCUT2D eigenvalue weighted by atomic mass is 16.3. The Morgan fingerprint density at radius 1 is 1.62 bits per heavy atom. The number of nitrogens with two attached hydrogens (primary N) is 1. The molecule has 1 heterocycles. The SMILES string of the molecule is NNC(Cc1ccco1)C1CCC1. The van der Waals surface area contributed by atoms with Crippen LogP contribution in [-0.4, -0.2) is 6.04 Å². The van der Waals surface area contributed by atoms with E-state index in [0.717, 1.165) is 18.1 Å². The van der Waals surface area contributed by atoms with Gasteiger partial charge in [-0.05, 0) is 30.9 Å². The molecule has 72 valence electrons. The molecule has 0 aliphatic heterocycles. The third kappa shape index (κ3) is 1.92. The molecule has 1 aliphatic rings. The molecule has 0 bridgehead atoms. The van der Waals surface area contributed by atoms with Crippen LogP contribution in [0.2, 0.25) is 0 Å². The lowest BCUT2D eigenvalue weighted by atomic mass is 9.78. The first-order valence-corrected chi connectivity index (χ1v) is 4.88. The maximum atomic E-state index is 5.51. The zero-order valence-corrected chi connectivity index (χ0v) is 7.70. The maximum Gasteiger partial charge on any atom is 0.105 e. The standard InChI is InChI=1S/C10H16N2O/c11-12-10(8-3-1-4-8)7-9-5-2-6-13-9/h2,5-6,8,10,12H,1,3-4,7,11H2. The minimum atomic E-state index is 0.389. The fourth-order valence-electron chi connectivity index (χ4n) is 1.85. The fourth-order valence-corrected chi connectivity index (χ4v) is 1.85. The first-order valence-electron chi connectivity index (χ1n) is 4.88. The molecular weight excluding hydrogens is 164 g/mol. The first-order chi connectivity index (χ1) is 6.40. The van der Waals surface area contributed by atoms with Crippen LogP contribution in [0.15, 0.2) is 22.8 Å². The van der Waals surface area contributed by atoms with Crippen LogP contribution in [0.3, 0.4) is 0 Å². The van der Waals surface area contributed by atoms with E-state index in [1.165, 1.54) is 19.3 Å². The van der Waals surface area contributed by atoms with Gasteiger partial charge >= 0.3 is 0 Å². The van der Waals surface area contributed by atoms with Gasteiger partial charge in [-0.2, -0.15) is 0 Å². The second-order valence-corrected chi connectivity index (χ2v) is 3.75. The van der Waals surface area contributed by atoms with Gasteiger partial charge in [0.15, 0.2) is 0 Å². The quantitative estimate of drug-likeness (QED) is 0.544. The van der Waals surface area contributed by atoms with Gasteiger partial charge in [0.2, 0.25) is 0 Å². The van der Waals surface area contributed by atoms with E-state index in [-0.39, 0.29) is 0 Å². The van der Waals surface area contributed by atoms with Crippen molar-refractivity contribution in [3.63, 3.8) is 0 Å². The molecular formula is C10H16N2O. The summed E-state index contributed by atoms with van der Waals surface area (Å²) in [4.78, 5) is 0. The normalized spacial score (nSPS) is 19.8. The Bertz CT molecular complexity index is 241. The molecule has 0 saturated heterocycles. The van der Waals surface area contributed by atoms with Gasteiger partial charge in [-0.25, -0.2) is 0 Å². The average Bonchev–Trinajstić information content (AvgIpc) is 2.52. The minimum Gasteiger partial charge on any atom is -0.469 e. The van der Waals surface area contributed by atoms with Gasteiger partial charge in [0.1, 0.15) is 5.76 Å². The second-order valence-electron chi connectivity index (χ2n) is 3.75. The molecule has 1 aliphatic carbocycles. The molecule has 1 aromatic rings. The topological polar surface area (TPSA) is 51.2 Å². The van der Waals surface area contributed by atoms with E-state index in [9.17, 15) is 0 Å². The van der Waals surface area contributed by atoms with Gasteiger partial charge in [0, 0.05) is 12.5 Å². The number of hydrogen-bond donors (Lipinski definition) is 2. The molecule has 2 rings (SSSR count). The van der Waals surface area contributed by atoms with E-state index < -0.39 is 0 Å². The summed E-state index contributed by atoms with van der Waals surface area (Å²) in [6, 6.07) is 4.31. The summed E-state index contributed by atoms with van der Waals surface area (Å²) in [6.45, 7) is 0. The summed E-state index contributed by atoms with van der Waals surface area (Å²) in [7, 11) is 0. The van der Waals surface area contributed by atoms with E-state index in [4.69, 9.17) is 10.3 Å². The van der Waals surface area contributed by atoms with Gasteiger partial charge in [0.25, 0.3) is 0 Å². The lowest BCUT2D eigenvalue weighted by Crippen LogP contribution is -2.44. The third-order valence-electron chi connectivity index (χ3n) is 2.93. The highest BCUT2D eigenvalue weighted by molar-refractivity contribution is 5.01. The molecule has 3 N–H and O–H groups in total. The summed E-state index contributed by atoms with van der Waals surface area (Å²) in [5.74, 6) is 7.28. The van der Waals surface area contributed by atoms with Gasteiger partial charge in [-0.1, -0.05) is 6.42 Å². The van der Waals surface area contributed by atoms with E-state index >= 15 is 0 Å². The van der Waals surface area contributed by atoms with Crippen molar-refractivity contribution >= 4 is 0 Å². The van der Waals surface area contributed by atoms with Crippen molar-refractivity contribution < 1.29 is 4.42 Å². The van der Waals surface area contributed by atoms with Crippen molar-refractivity contribution in [2.24, 2.45) is 11.8 Å². The van der Waals surface area contributed by atoms with E-state index in [1.54, 1.807) is 6.26 Å². The van der Waals surface area contributed by atoms with Crippen LogP contribution in [0.5, 0.6) is 0 Å². The fraction of sp³-hybridized carbons (Fsp3) is 0.600. The lowest BCUT2D eigenvalue weighted by molar-refractivity contribution is 0.222. The molecule has 3 nitrogen and oxygen atoms in total. The van der Waals surface area contributed by atoms with Crippen molar-refractivity contribution in [1.82, 2.24) is 5.43 Å². The Morgan fingerprint density at radius 3 is 2.92 bits per heavy atom. The Balaban J connectivity index is 1.90. The summed E-state index contributed by atoms with van der Waals surface area (Å²) in [6.07, 6.45) is 6.57. The average molecular weight is 180 g/mol. The van der Waals surface area contributed by atoms with E-state index in [1.807, 2.05) is 12.1 Å². The number of hydrazine groups is 1. The Labute approximate surface area is 78.3 Å². The molecule has 1 atom stereocenters. The van der Waals surface area contributed by atoms with Gasteiger partial charge in [-0.3, -0.25) is 11.3 Å². The van der Waals surface area contributed by atoms with Crippen molar-refractivity contribution in [3.05, 3.63) is 24.2 Å². The van der Waals surface area contributed by atoms with Gasteiger partial charge in [0.05, 0.1) is 6.26 Å². The largest absolute Gasteiger partial charge is 0.469 e. The van der Waals surface area contributed by atoms with E-state index in [0.29, 0.717) is 6.04 Å². The van der Waals surface area contributed by atoms with Crippen LogP contribution < -0.4 is 11.3 Å². The highest BCUT2D eigenvalue weighted by Gasteiger charge is 2.26. The third-order valence-corrected chi connectivity index (χ3v) is 2.93. The predicted octanol–water partition coefficient (Wildman–Crippen LogP) is 1.45. The molecule has 1 fully saturated rings. The monoisotopic (exact) mass is 180 g/mol. The predicted molar refractivity (Wildman–Crippen MR) is 50.9 cm³/mol. The van der Waals surface area contributed by atoms with E-state index in [2.05, 4.69) is 5.43 Å². The summed E-state index contributed by atoms with van der Waals surface area (Å²) in [5.41, 5.74) is 2.88. The van der Waals surface area contributed by atoms with Crippen molar-refractivity contribution in [3.8, 4) is 0 Å². The van der Waals surface area contributed by atoms with Crippen LogP contribution in [0.25, 0.3) is 0 Å². The zero-order valence-electron chi connectivity index (χ0n) is 7.70. The van der Waals surface area contributed by atoms with Gasteiger partial charge in [-0.15, -0.1) is 0 Å². The van der Waals surface area contributed by atoms with Crippen molar-refractivity contribution in [2.45, 2.75) is 31.7 Å². The highest BCUT2D eigenvalue weighted by Crippen LogP contribution is 2.30. The Kier molecular flexibility index (Phi) is 2.66. The molecule has 1 unspecified atom stereocenters. The molecule has 1 aromatic heterocycles. The van der Waals surface area contributed by atoms with Crippen LogP contribution in [0, 0.1) is 5.92 Å². The summed E-state index contributed by atoms with van der Waals surface area (Å²) in [5, 5.41) is 0. The first kappa shape index (κ1) is 8.78. The van der Waals surface area contributed by atoms with Gasteiger partial charge < -0.3 is 4.42 Å². The molecule has 13 heavy (non-hydrogen) atoms.